The van der Waals surface area contributed by atoms with Crippen LogP contribution >= 0.6 is 0 Å². The number of nitrogens with one attached hydrogen (secondary N) is 2. The van der Waals surface area contributed by atoms with Crippen molar-refractivity contribution in [3.63, 3.8) is 0 Å². The summed E-state index contributed by atoms with van der Waals surface area (Å²) in [6.07, 6.45) is 0. The molecule has 0 aromatic heterocycles. The third-order valence-electron chi connectivity index (χ3n) is 4.28. The number of carbonyl (C=O) groups excluding carboxylic acids is 1. The summed E-state index contributed by atoms with van der Waals surface area (Å²) < 4.78 is 11.3. The van der Waals surface area contributed by atoms with Gasteiger partial charge >= 0.3 is 0 Å². The number of amides is 1. The maximum absolute atomic E-state index is 12.5. The molecular formula is C22H30N2O3. The van der Waals surface area contributed by atoms with Gasteiger partial charge in [0.05, 0.1) is 19.3 Å². The lowest BCUT2D eigenvalue weighted by atomic mass is 10.1. The van der Waals surface area contributed by atoms with Crippen molar-refractivity contribution >= 4 is 11.6 Å². The third kappa shape index (κ3) is 6.00. The molecule has 27 heavy (non-hydrogen) atoms. The van der Waals surface area contributed by atoms with Crippen LogP contribution in [0.2, 0.25) is 0 Å². The monoisotopic (exact) mass is 370 g/mol. The van der Waals surface area contributed by atoms with Crippen molar-refractivity contribution in [2.75, 3.05) is 18.5 Å². The van der Waals surface area contributed by atoms with E-state index in [-0.39, 0.29) is 18.0 Å². The smallest absolute Gasteiger partial charge is 0.241 e. The summed E-state index contributed by atoms with van der Waals surface area (Å²) >= 11 is 0. The molecule has 0 spiro atoms. The maximum Gasteiger partial charge on any atom is 0.241 e. The Morgan fingerprint density at radius 1 is 0.963 bits per heavy atom. The standard InChI is InChI=1S/C22H30N2O3/c1-6-26-20-13-10-18(14-21(20)27-7-2)16(4)23-17(5)22(25)24-19-11-8-15(3)9-12-19/h8-14,16-17,23H,6-7H2,1-5H3,(H,24,25)/t16-,17-/m1/s1. The molecule has 0 saturated heterocycles. The minimum Gasteiger partial charge on any atom is -0.490 e. The second kappa shape index (κ2) is 9.97. The highest BCUT2D eigenvalue weighted by Crippen LogP contribution is 2.30. The quantitative estimate of drug-likeness (QED) is 0.684. The summed E-state index contributed by atoms with van der Waals surface area (Å²) in [5.41, 5.74) is 3.00. The van der Waals surface area contributed by atoms with Crippen LogP contribution in [-0.2, 0) is 4.79 Å². The molecule has 0 fully saturated rings. The molecule has 146 valence electrons. The molecule has 2 atom stereocenters. The molecule has 5 nitrogen and oxygen atoms in total. The maximum atomic E-state index is 12.5. The highest BCUT2D eigenvalue weighted by Gasteiger charge is 2.18. The van der Waals surface area contributed by atoms with Gasteiger partial charge in [-0.2, -0.15) is 0 Å². The van der Waals surface area contributed by atoms with E-state index in [2.05, 4.69) is 10.6 Å². The molecule has 2 aromatic rings. The Hall–Kier alpha value is -2.53. The summed E-state index contributed by atoms with van der Waals surface area (Å²) in [4.78, 5) is 12.5. The molecule has 0 unspecified atom stereocenters. The normalized spacial score (nSPS) is 12.9. The van der Waals surface area contributed by atoms with E-state index in [1.54, 1.807) is 0 Å². The number of anilines is 1. The SMILES string of the molecule is CCOc1ccc([C@@H](C)N[C@H](C)C(=O)Nc2ccc(C)cc2)cc1OCC. The Balaban J connectivity index is 2.02. The Labute approximate surface area is 162 Å². The predicted octanol–water partition coefficient (Wildman–Crippen LogP) is 4.47. The van der Waals surface area contributed by atoms with Gasteiger partial charge in [0, 0.05) is 11.7 Å². The molecular weight excluding hydrogens is 340 g/mol. The highest BCUT2D eigenvalue weighted by atomic mass is 16.5. The zero-order chi connectivity index (χ0) is 19.8. The van der Waals surface area contributed by atoms with Crippen molar-refractivity contribution in [1.29, 1.82) is 0 Å². The first kappa shape index (κ1) is 20.8. The molecule has 2 aromatic carbocycles. The van der Waals surface area contributed by atoms with E-state index in [0.29, 0.717) is 13.2 Å². The third-order valence-corrected chi connectivity index (χ3v) is 4.28. The van der Waals surface area contributed by atoms with Crippen LogP contribution in [0.15, 0.2) is 42.5 Å². The first-order valence-electron chi connectivity index (χ1n) is 9.47. The topological polar surface area (TPSA) is 59.6 Å². The van der Waals surface area contributed by atoms with Gasteiger partial charge in [-0.1, -0.05) is 23.8 Å². The van der Waals surface area contributed by atoms with Gasteiger partial charge in [-0.05, 0) is 64.4 Å². The first-order valence-corrected chi connectivity index (χ1v) is 9.47. The average Bonchev–Trinajstić information content (AvgIpc) is 2.65. The van der Waals surface area contributed by atoms with E-state index in [1.807, 2.05) is 77.1 Å². The molecule has 5 heteroatoms. The fourth-order valence-electron chi connectivity index (χ4n) is 2.77. The van der Waals surface area contributed by atoms with E-state index < -0.39 is 0 Å². The first-order chi connectivity index (χ1) is 12.9. The van der Waals surface area contributed by atoms with Crippen LogP contribution in [0.3, 0.4) is 0 Å². The van der Waals surface area contributed by atoms with Crippen molar-refractivity contribution in [3.05, 3.63) is 53.6 Å². The van der Waals surface area contributed by atoms with Crippen LogP contribution < -0.4 is 20.1 Å². The minimum absolute atomic E-state index is 0.0151. The summed E-state index contributed by atoms with van der Waals surface area (Å²) in [5.74, 6) is 1.39. The van der Waals surface area contributed by atoms with Gasteiger partial charge in [-0.15, -0.1) is 0 Å². The van der Waals surface area contributed by atoms with Gasteiger partial charge in [0.1, 0.15) is 0 Å². The Morgan fingerprint density at radius 3 is 2.22 bits per heavy atom. The number of benzene rings is 2. The second-order valence-corrected chi connectivity index (χ2v) is 6.54. The van der Waals surface area contributed by atoms with E-state index in [4.69, 9.17) is 9.47 Å². The summed E-state index contributed by atoms with van der Waals surface area (Å²) in [5, 5.41) is 6.28. The summed E-state index contributed by atoms with van der Waals surface area (Å²) in [6.45, 7) is 11.0. The van der Waals surface area contributed by atoms with Crippen molar-refractivity contribution < 1.29 is 14.3 Å². The largest absolute Gasteiger partial charge is 0.490 e. The molecule has 0 radical (unpaired) electrons. The van der Waals surface area contributed by atoms with E-state index in [0.717, 1.165) is 28.3 Å². The Bertz CT molecular complexity index is 744. The number of rotatable bonds is 9. The summed E-state index contributed by atoms with van der Waals surface area (Å²) in [7, 11) is 0. The lowest BCUT2D eigenvalue weighted by Crippen LogP contribution is -2.39. The van der Waals surface area contributed by atoms with Gasteiger partial charge in [0.2, 0.25) is 5.91 Å². The molecule has 0 heterocycles. The van der Waals surface area contributed by atoms with Crippen LogP contribution in [0.1, 0.15) is 44.9 Å². The predicted molar refractivity (Wildman–Crippen MR) is 110 cm³/mol. The van der Waals surface area contributed by atoms with Gasteiger partial charge in [-0.3, -0.25) is 10.1 Å². The molecule has 0 bridgehead atoms. The number of hydrogen-bond donors (Lipinski definition) is 2. The van der Waals surface area contributed by atoms with E-state index in [1.165, 1.54) is 0 Å². The van der Waals surface area contributed by atoms with Gasteiger partial charge in [0.15, 0.2) is 11.5 Å². The number of hydrogen-bond acceptors (Lipinski definition) is 4. The molecule has 2 rings (SSSR count). The molecule has 0 aliphatic carbocycles. The molecule has 0 aliphatic rings. The zero-order valence-electron chi connectivity index (χ0n) is 16.8. The molecule has 0 aliphatic heterocycles. The van der Waals surface area contributed by atoms with Gasteiger partial charge < -0.3 is 14.8 Å². The average molecular weight is 370 g/mol. The van der Waals surface area contributed by atoms with Crippen LogP contribution in [0.4, 0.5) is 5.69 Å². The lowest BCUT2D eigenvalue weighted by Gasteiger charge is -2.21. The van der Waals surface area contributed by atoms with Crippen molar-refractivity contribution in [2.45, 2.75) is 46.7 Å². The Morgan fingerprint density at radius 2 is 1.59 bits per heavy atom. The number of aryl methyl sites for hydroxylation is 1. The van der Waals surface area contributed by atoms with Crippen LogP contribution in [0, 0.1) is 6.92 Å². The van der Waals surface area contributed by atoms with Gasteiger partial charge in [0.25, 0.3) is 0 Å². The minimum atomic E-state index is -0.344. The van der Waals surface area contributed by atoms with Crippen LogP contribution in [0.25, 0.3) is 0 Å². The van der Waals surface area contributed by atoms with Crippen LogP contribution in [-0.4, -0.2) is 25.2 Å². The molecule has 0 saturated carbocycles. The fourth-order valence-corrected chi connectivity index (χ4v) is 2.77. The van der Waals surface area contributed by atoms with E-state index >= 15 is 0 Å². The fraction of sp³-hybridized carbons (Fsp3) is 0.409. The summed E-state index contributed by atoms with van der Waals surface area (Å²) in [6, 6.07) is 13.3. The highest BCUT2D eigenvalue weighted by molar-refractivity contribution is 5.94. The number of ether oxygens (including phenoxy) is 2. The van der Waals surface area contributed by atoms with Crippen LogP contribution in [0.5, 0.6) is 11.5 Å². The van der Waals surface area contributed by atoms with Crippen molar-refractivity contribution in [1.82, 2.24) is 5.32 Å². The second-order valence-electron chi connectivity index (χ2n) is 6.54. The van der Waals surface area contributed by atoms with E-state index in [9.17, 15) is 4.79 Å². The van der Waals surface area contributed by atoms with Gasteiger partial charge in [-0.25, -0.2) is 0 Å². The number of carbonyl (C=O) groups is 1. The zero-order valence-corrected chi connectivity index (χ0v) is 16.8. The van der Waals surface area contributed by atoms with Crippen molar-refractivity contribution in [3.8, 4) is 11.5 Å². The Kier molecular flexibility index (Phi) is 7.67. The lowest BCUT2D eigenvalue weighted by molar-refractivity contribution is -0.117. The molecule has 2 N–H and O–H groups in total. The molecule has 1 amide bonds. The van der Waals surface area contributed by atoms with Crippen molar-refractivity contribution in [2.24, 2.45) is 0 Å².